The van der Waals surface area contributed by atoms with E-state index < -0.39 is 13.5 Å². The molecule has 0 atom stereocenters. The number of rotatable bonds is 7. The summed E-state index contributed by atoms with van der Waals surface area (Å²) < 4.78 is 7.90. The molecule has 0 fully saturated rings. The second kappa shape index (κ2) is 8.13. The Labute approximate surface area is 197 Å². The molecule has 1 amide bonds. The van der Waals surface area contributed by atoms with Crippen molar-refractivity contribution in [1.29, 1.82) is 0 Å². The van der Waals surface area contributed by atoms with Crippen LogP contribution in [0.25, 0.3) is 22.3 Å². The molecule has 7 heteroatoms. The minimum absolute atomic E-state index is 0.136. The van der Waals surface area contributed by atoms with Crippen LogP contribution in [0.1, 0.15) is 49.8 Å². The molecule has 1 aromatic carbocycles. The largest absolute Gasteiger partial charge is 0.360 e. The molecule has 0 spiro atoms. The van der Waals surface area contributed by atoms with Gasteiger partial charge in [0.1, 0.15) is 12.4 Å². The van der Waals surface area contributed by atoms with Gasteiger partial charge >= 0.3 is 0 Å². The van der Waals surface area contributed by atoms with Crippen molar-refractivity contribution in [2.75, 3.05) is 11.9 Å². The Morgan fingerprint density at radius 1 is 1.18 bits per heavy atom. The van der Waals surface area contributed by atoms with Crippen molar-refractivity contribution in [3.8, 4) is 11.4 Å². The standard InChI is InChI=1S/C26H36N4O2Si/c1-6-26(7-2)20-14-21-19(13-22(20)28-25(26)31)18-10-8-9-17-15-30(29-23(17)24(18)27-21)16-32-11-12-33(3,4)5/h13-15,27H,6-12,16H2,1-5H3,(H,28,31). The number of aromatic amines is 1. The minimum atomic E-state index is -1.09. The number of ether oxygens (including phenoxy) is 1. The van der Waals surface area contributed by atoms with Crippen LogP contribution in [0.2, 0.25) is 25.7 Å². The number of hydrogen-bond donors (Lipinski definition) is 2. The quantitative estimate of drug-likeness (QED) is 0.341. The number of amides is 1. The summed E-state index contributed by atoms with van der Waals surface area (Å²) >= 11 is 0. The maximum atomic E-state index is 12.8. The van der Waals surface area contributed by atoms with Crippen LogP contribution in [0, 0.1) is 0 Å². The van der Waals surface area contributed by atoms with E-state index in [4.69, 9.17) is 9.84 Å². The molecular weight excluding hydrogens is 428 g/mol. The summed E-state index contributed by atoms with van der Waals surface area (Å²) in [5.41, 5.74) is 7.57. The summed E-state index contributed by atoms with van der Waals surface area (Å²) in [6, 6.07) is 5.56. The predicted octanol–water partition coefficient (Wildman–Crippen LogP) is 5.84. The normalized spacial score (nSPS) is 16.9. The Hall–Kier alpha value is -2.38. The number of fused-ring (bicyclic) bond motifs is 6. The smallest absolute Gasteiger partial charge is 0.235 e. The van der Waals surface area contributed by atoms with Crippen molar-refractivity contribution in [1.82, 2.24) is 14.8 Å². The van der Waals surface area contributed by atoms with Gasteiger partial charge in [-0.05, 0) is 67.0 Å². The van der Waals surface area contributed by atoms with E-state index in [1.807, 2.05) is 4.68 Å². The van der Waals surface area contributed by atoms with Gasteiger partial charge in [-0.3, -0.25) is 4.79 Å². The average Bonchev–Trinajstić information content (AvgIpc) is 3.37. The van der Waals surface area contributed by atoms with E-state index >= 15 is 0 Å². The number of H-pyrrole nitrogens is 1. The molecule has 2 N–H and O–H groups in total. The van der Waals surface area contributed by atoms with Gasteiger partial charge in [0.25, 0.3) is 0 Å². The first-order valence-corrected chi connectivity index (χ1v) is 16.1. The highest BCUT2D eigenvalue weighted by Gasteiger charge is 2.44. The van der Waals surface area contributed by atoms with Crippen LogP contribution in [-0.2, 0) is 34.5 Å². The zero-order valence-electron chi connectivity index (χ0n) is 20.6. The van der Waals surface area contributed by atoms with Gasteiger partial charge in [-0.15, -0.1) is 0 Å². The van der Waals surface area contributed by atoms with E-state index in [-0.39, 0.29) is 5.91 Å². The molecule has 0 radical (unpaired) electrons. The zero-order valence-corrected chi connectivity index (χ0v) is 21.6. The molecule has 0 unspecified atom stereocenters. The number of nitrogens with one attached hydrogen (secondary N) is 2. The monoisotopic (exact) mass is 464 g/mol. The van der Waals surface area contributed by atoms with Gasteiger partial charge in [-0.2, -0.15) is 5.10 Å². The molecule has 176 valence electrons. The number of hydrogen-bond acceptors (Lipinski definition) is 3. The van der Waals surface area contributed by atoms with Crippen molar-refractivity contribution in [3.05, 3.63) is 35.0 Å². The molecule has 0 bridgehead atoms. The lowest BCUT2D eigenvalue weighted by atomic mass is 9.77. The van der Waals surface area contributed by atoms with Gasteiger partial charge in [-0.1, -0.05) is 33.5 Å². The lowest BCUT2D eigenvalue weighted by molar-refractivity contribution is -0.121. The van der Waals surface area contributed by atoms with E-state index in [2.05, 4.69) is 62.1 Å². The van der Waals surface area contributed by atoms with Gasteiger partial charge in [0, 0.05) is 37.5 Å². The third-order valence-electron chi connectivity index (χ3n) is 7.62. The molecule has 6 nitrogen and oxygen atoms in total. The fourth-order valence-electron chi connectivity index (χ4n) is 5.49. The van der Waals surface area contributed by atoms with Crippen molar-refractivity contribution >= 4 is 30.6 Å². The van der Waals surface area contributed by atoms with Crippen LogP contribution in [0.5, 0.6) is 0 Å². The number of nitrogens with zero attached hydrogens (tertiary/aromatic N) is 2. The molecule has 3 aromatic rings. The molecule has 2 aromatic heterocycles. The van der Waals surface area contributed by atoms with Gasteiger partial charge < -0.3 is 15.0 Å². The molecule has 1 aliphatic heterocycles. The topological polar surface area (TPSA) is 71.9 Å². The molecule has 0 saturated heterocycles. The number of carbonyl (C=O) groups excluding carboxylic acids is 1. The van der Waals surface area contributed by atoms with Gasteiger partial charge in [0.2, 0.25) is 5.91 Å². The number of benzene rings is 1. The van der Waals surface area contributed by atoms with E-state index in [9.17, 15) is 4.79 Å². The summed E-state index contributed by atoms with van der Waals surface area (Å²) in [6.45, 7) is 12.6. The highest BCUT2D eigenvalue weighted by atomic mass is 28.3. The third-order valence-corrected chi connectivity index (χ3v) is 9.32. The first-order valence-electron chi connectivity index (χ1n) is 12.4. The van der Waals surface area contributed by atoms with Crippen LogP contribution in [0.4, 0.5) is 5.69 Å². The Morgan fingerprint density at radius 2 is 1.97 bits per heavy atom. The van der Waals surface area contributed by atoms with E-state index in [1.165, 1.54) is 22.6 Å². The molecule has 33 heavy (non-hydrogen) atoms. The Kier molecular flexibility index (Phi) is 5.52. The molecular formula is C26H36N4O2Si. The van der Waals surface area contributed by atoms with Crippen LogP contribution >= 0.6 is 0 Å². The maximum Gasteiger partial charge on any atom is 0.235 e. The van der Waals surface area contributed by atoms with Crippen molar-refractivity contribution < 1.29 is 9.53 Å². The SMILES string of the molecule is CCC1(CC)C(=O)Nc2cc3c4c([nH]c3cc21)-c1nn(COCC[Si](C)(C)C)cc1CCC4. The second-order valence-corrected chi connectivity index (χ2v) is 16.5. The molecule has 3 heterocycles. The predicted molar refractivity (Wildman–Crippen MR) is 137 cm³/mol. The first kappa shape index (κ1) is 22.4. The van der Waals surface area contributed by atoms with Gasteiger partial charge in [0.15, 0.2) is 0 Å². The molecule has 2 aliphatic rings. The summed E-state index contributed by atoms with van der Waals surface area (Å²) in [7, 11) is -1.09. The van der Waals surface area contributed by atoms with Crippen molar-refractivity contribution in [3.63, 3.8) is 0 Å². The number of aromatic nitrogens is 3. The average molecular weight is 465 g/mol. The fourth-order valence-corrected chi connectivity index (χ4v) is 6.25. The first-order chi connectivity index (χ1) is 15.8. The number of carbonyl (C=O) groups is 1. The lowest BCUT2D eigenvalue weighted by Crippen LogP contribution is -2.32. The molecule has 0 saturated carbocycles. The zero-order chi connectivity index (χ0) is 23.4. The third kappa shape index (κ3) is 3.75. The van der Waals surface area contributed by atoms with Gasteiger partial charge in [0.05, 0.1) is 11.1 Å². The van der Waals surface area contributed by atoms with E-state index in [0.717, 1.165) is 66.9 Å². The molecule has 5 rings (SSSR count). The number of anilines is 1. The Morgan fingerprint density at radius 3 is 2.70 bits per heavy atom. The maximum absolute atomic E-state index is 12.8. The summed E-state index contributed by atoms with van der Waals surface area (Å²) in [6.07, 6.45) is 6.89. The lowest BCUT2D eigenvalue weighted by Gasteiger charge is -2.23. The summed E-state index contributed by atoms with van der Waals surface area (Å²) in [5.74, 6) is 0.136. The van der Waals surface area contributed by atoms with E-state index in [0.29, 0.717) is 6.73 Å². The minimum Gasteiger partial charge on any atom is -0.360 e. The number of aryl methyl sites for hydroxylation is 2. The van der Waals surface area contributed by atoms with Gasteiger partial charge in [-0.25, -0.2) is 4.68 Å². The van der Waals surface area contributed by atoms with Crippen LogP contribution in [0.15, 0.2) is 18.3 Å². The Bertz CT molecular complexity index is 1210. The van der Waals surface area contributed by atoms with Crippen LogP contribution in [-0.4, -0.2) is 35.4 Å². The summed E-state index contributed by atoms with van der Waals surface area (Å²) in [5, 5.41) is 9.32. The highest BCUT2D eigenvalue weighted by molar-refractivity contribution is 6.76. The van der Waals surface area contributed by atoms with Crippen LogP contribution in [0.3, 0.4) is 0 Å². The van der Waals surface area contributed by atoms with E-state index in [1.54, 1.807) is 0 Å². The fraction of sp³-hybridized carbons (Fsp3) is 0.538. The molecule has 1 aliphatic carbocycles. The van der Waals surface area contributed by atoms with Crippen LogP contribution < -0.4 is 5.32 Å². The second-order valence-electron chi connectivity index (χ2n) is 10.9. The van der Waals surface area contributed by atoms with Crippen molar-refractivity contribution in [2.45, 2.75) is 83.8 Å². The Balaban J connectivity index is 1.49. The van der Waals surface area contributed by atoms with Crippen molar-refractivity contribution in [2.24, 2.45) is 0 Å². The highest BCUT2D eigenvalue weighted by Crippen LogP contribution is 2.46. The summed E-state index contributed by atoms with van der Waals surface area (Å²) in [4.78, 5) is 16.5.